The molecule has 0 aliphatic rings. The number of aromatic nitrogens is 1. The number of ether oxygens (including phenoxy) is 1. The first-order valence-electron chi connectivity index (χ1n) is 4.47. The molecule has 0 amide bonds. The van der Waals surface area contributed by atoms with Gasteiger partial charge < -0.3 is 9.94 Å². The standard InChI is InChI=1S/C10H8N2O4/c1-16-9-3-2-7-4-8(12(14)15)6-11(13)10(7)5-9/h2-6H,1H3. The molecule has 0 unspecified atom stereocenters. The van der Waals surface area contributed by atoms with E-state index in [2.05, 4.69) is 0 Å². The molecule has 0 aliphatic heterocycles. The predicted octanol–water partition coefficient (Wildman–Crippen LogP) is 1.39. The van der Waals surface area contributed by atoms with Gasteiger partial charge >= 0.3 is 5.69 Å². The van der Waals surface area contributed by atoms with E-state index in [0.717, 1.165) is 6.20 Å². The number of nitrogens with zero attached hydrogens (tertiary/aromatic N) is 2. The van der Waals surface area contributed by atoms with Crippen molar-refractivity contribution in [3.8, 4) is 5.75 Å². The Hall–Kier alpha value is -2.37. The highest BCUT2D eigenvalue weighted by Gasteiger charge is 2.15. The van der Waals surface area contributed by atoms with Gasteiger partial charge in [0.05, 0.1) is 23.5 Å². The second-order valence-electron chi connectivity index (χ2n) is 3.21. The van der Waals surface area contributed by atoms with Crippen LogP contribution in [0.2, 0.25) is 0 Å². The average molecular weight is 220 g/mol. The topological polar surface area (TPSA) is 79.3 Å². The minimum absolute atomic E-state index is 0.229. The third kappa shape index (κ3) is 1.60. The SMILES string of the molecule is COc1ccc2cc([N+](=O)[O-])c[n+]([O-])c2c1. The van der Waals surface area contributed by atoms with E-state index in [-0.39, 0.29) is 5.69 Å². The normalized spacial score (nSPS) is 10.3. The van der Waals surface area contributed by atoms with Crippen molar-refractivity contribution < 1.29 is 14.4 Å². The van der Waals surface area contributed by atoms with Crippen molar-refractivity contribution in [2.75, 3.05) is 7.11 Å². The summed E-state index contributed by atoms with van der Waals surface area (Å²) in [7, 11) is 1.49. The predicted molar refractivity (Wildman–Crippen MR) is 56.1 cm³/mol. The van der Waals surface area contributed by atoms with Gasteiger partial charge in [-0.05, 0) is 12.1 Å². The zero-order chi connectivity index (χ0) is 11.7. The van der Waals surface area contributed by atoms with Crippen LogP contribution in [-0.2, 0) is 0 Å². The Bertz CT molecular complexity index is 568. The number of rotatable bonds is 2. The number of hydrogen-bond acceptors (Lipinski definition) is 4. The van der Waals surface area contributed by atoms with Crippen molar-refractivity contribution in [3.05, 3.63) is 45.8 Å². The highest BCUT2D eigenvalue weighted by molar-refractivity contribution is 5.79. The van der Waals surface area contributed by atoms with Crippen LogP contribution in [0.15, 0.2) is 30.5 Å². The minimum Gasteiger partial charge on any atom is -0.618 e. The second-order valence-corrected chi connectivity index (χ2v) is 3.21. The molecule has 2 rings (SSSR count). The Morgan fingerprint density at radius 2 is 2.12 bits per heavy atom. The van der Waals surface area contributed by atoms with Gasteiger partial charge in [0.25, 0.3) is 6.20 Å². The number of fused-ring (bicyclic) bond motifs is 1. The summed E-state index contributed by atoms with van der Waals surface area (Å²) in [5.74, 6) is 0.533. The number of pyridine rings is 1. The van der Waals surface area contributed by atoms with Gasteiger partial charge in [0.2, 0.25) is 5.52 Å². The summed E-state index contributed by atoms with van der Waals surface area (Å²) in [6.45, 7) is 0. The highest BCUT2D eigenvalue weighted by atomic mass is 16.6. The van der Waals surface area contributed by atoms with E-state index >= 15 is 0 Å². The molecule has 6 heteroatoms. The van der Waals surface area contributed by atoms with Crippen LogP contribution >= 0.6 is 0 Å². The van der Waals surface area contributed by atoms with Crippen LogP contribution in [0.25, 0.3) is 10.9 Å². The summed E-state index contributed by atoms with van der Waals surface area (Å²) in [5, 5.41) is 22.6. The third-order valence-corrected chi connectivity index (χ3v) is 2.24. The lowest BCUT2D eigenvalue weighted by molar-refractivity contribution is -0.582. The molecule has 0 radical (unpaired) electrons. The van der Waals surface area contributed by atoms with Gasteiger partial charge in [-0.3, -0.25) is 10.1 Å². The monoisotopic (exact) mass is 220 g/mol. The summed E-state index contributed by atoms with van der Waals surface area (Å²) in [6.07, 6.45) is 0.932. The average Bonchev–Trinajstić information content (AvgIpc) is 2.28. The molecule has 0 saturated heterocycles. The van der Waals surface area contributed by atoms with Crippen LogP contribution in [0, 0.1) is 15.3 Å². The van der Waals surface area contributed by atoms with Crippen molar-refractivity contribution in [2.24, 2.45) is 0 Å². The van der Waals surface area contributed by atoms with Crippen LogP contribution in [-0.4, -0.2) is 12.0 Å². The van der Waals surface area contributed by atoms with E-state index in [1.807, 2.05) is 0 Å². The Kier molecular flexibility index (Phi) is 2.32. The number of nitro groups is 1. The molecule has 2 aromatic rings. The maximum atomic E-state index is 11.5. The molecule has 0 fully saturated rings. The molecule has 0 N–H and O–H groups in total. The van der Waals surface area contributed by atoms with Crippen molar-refractivity contribution in [1.29, 1.82) is 0 Å². The summed E-state index contributed by atoms with van der Waals surface area (Å²) < 4.78 is 5.44. The van der Waals surface area contributed by atoms with Gasteiger partial charge in [0.15, 0.2) is 0 Å². The lowest BCUT2D eigenvalue weighted by atomic mass is 10.2. The van der Waals surface area contributed by atoms with Crippen LogP contribution in [0.1, 0.15) is 0 Å². The molecule has 0 spiro atoms. The Morgan fingerprint density at radius 3 is 2.75 bits per heavy atom. The summed E-state index contributed by atoms with van der Waals surface area (Å²) in [4.78, 5) is 9.95. The van der Waals surface area contributed by atoms with Crippen LogP contribution < -0.4 is 9.47 Å². The van der Waals surface area contributed by atoms with E-state index in [1.165, 1.54) is 19.2 Å². The fraction of sp³-hybridized carbons (Fsp3) is 0.100. The first-order chi connectivity index (χ1) is 7.61. The molecular formula is C10H8N2O4. The molecule has 0 saturated carbocycles. The van der Waals surface area contributed by atoms with E-state index < -0.39 is 4.92 Å². The quantitative estimate of drug-likeness (QED) is 0.331. The minimum atomic E-state index is -0.599. The summed E-state index contributed by atoms with van der Waals surface area (Å²) >= 11 is 0. The fourth-order valence-corrected chi connectivity index (χ4v) is 1.45. The summed E-state index contributed by atoms with van der Waals surface area (Å²) in [6, 6.07) is 6.14. The largest absolute Gasteiger partial charge is 0.618 e. The Balaban J connectivity index is 2.71. The first-order valence-corrected chi connectivity index (χ1v) is 4.47. The first kappa shape index (κ1) is 10.2. The van der Waals surface area contributed by atoms with Gasteiger partial charge in [-0.2, -0.15) is 4.73 Å². The van der Waals surface area contributed by atoms with E-state index in [0.29, 0.717) is 21.4 Å². The van der Waals surface area contributed by atoms with Gasteiger partial charge in [-0.25, -0.2) is 0 Å². The maximum absolute atomic E-state index is 11.5. The molecule has 6 nitrogen and oxygen atoms in total. The molecule has 1 aromatic heterocycles. The molecule has 0 atom stereocenters. The van der Waals surface area contributed by atoms with Gasteiger partial charge in [-0.1, -0.05) is 0 Å². The van der Waals surface area contributed by atoms with Crippen LogP contribution in [0.3, 0.4) is 0 Å². The maximum Gasteiger partial charge on any atom is 0.334 e. The van der Waals surface area contributed by atoms with Crippen molar-refractivity contribution in [2.45, 2.75) is 0 Å². The number of methoxy groups -OCH3 is 1. The van der Waals surface area contributed by atoms with Crippen molar-refractivity contribution in [3.63, 3.8) is 0 Å². The zero-order valence-corrected chi connectivity index (χ0v) is 8.41. The Morgan fingerprint density at radius 1 is 1.38 bits per heavy atom. The molecule has 1 heterocycles. The van der Waals surface area contributed by atoms with Crippen LogP contribution in [0.4, 0.5) is 5.69 Å². The summed E-state index contributed by atoms with van der Waals surface area (Å²) in [5.41, 5.74) is 0.109. The van der Waals surface area contributed by atoms with E-state index in [9.17, 15) is 15.3 Å². The van der Waals surface area contributed by atoms with Crippen LogP contribution in [0.5, 0.6) is 5.75 Å². The number of hydrogen-bond donors (Lipinski definition) is 0. The number of benzene rings is 1. The van der Waals surface area contributed by atoms with Crippen molar-refractivity contribution in [1.82, 2.24) is 0 Å². The molecule has 0 bridgehead atoms. The third-order valence-electron chi connectivity index (χ3n) is 2.24. The van der Waals surface area contributed by atoms with E-state index in [1.54, 1.807) is 12.1 Å². The van der Waals surface area contributed by atoms with E-state index in [4.69, 9.17) is 4.74 Å². The van der Waals surface area contributed by atoms with Gasteiger partial charge in [0, 0.05) is 6.07 Å². The molecular weight excluding hydrogens is 212 g/mol. The fourth-order valence-electron chi connectivity index (χ4n) is 1.45. The zero-order valence-electron chi connectivity index (χ0n) is 8.41. The molecule has 16 heavy (non-hydrogen) atoms. The van der Waals surface area contributed by atoms with Gasteiger partial charge in [0.1, 0.15) is 5.75 Å². The highest BCUT2D eigenvalue weighted by Crippen LogP contribution is 2.21. The molecule has 1 aromatic carbocycles. The lowest BCUT2D eigenvalue weighted by Crippen LogP contribution is -2.26. The smallest absolute Gasteiger partial charge is 0.334 e. The Labute approximate surface area is 90.4 Å². The molecule has 82 valence electrons. The second kappa shape index (κ2) is 3.65. The molecule has 0 aliphatic carbocycles. The lowest BCUT2D eigenvalue weighted by Gasteiger charge is -2.03. The van der Waals surface area contributed by atoms with Gasteiger partial charge in [-0.15, -0.1) is 0 Å². The van der Waals surface area contributed by atoms with Crippen molar-refractivity contribution >= 4 is 16.6 Å².